The van der Waals surface area contributed by atoms with E-state index in [1.54, 1.807) is 45.0 Å². The van der Waals surface area contributed by atoms with Gasteiger partial charge in [0, 0.05) is 29.8 Å². The Hall–Kier alpha value is -1.93. The summed E-state index contributed by atoms with van der Waals surface area (Å²) in [4.78, 5) is 24.0. The Morgan fingerprint density at radius 2 is 1.36 bits per heavy atom. The molecule has 0 saturated heterocycles. The molecule has 0 bridgehead atoms. The summed E-state index contributed by atoms with van der Waals surface area (Å²) in [6.07, 6.45) is 1.47. The average Bonchev–Trinajstić information content (AvgIpc) is 2.54. The highest BCUT2D eigenvalue weighted by Crippen LogP contribution is 2.19. The van der Waals surface area contributed by atoms with Crippen molar-refractivity contribution in [3.8, 4) is 0 Å². The molecule has 0 fully saturated rings. The lowest BCUT2D eigenvalue weighted by atomic mass is 9.95. The van der Waals surface area contributed by atoms with Gasteiger partial charge in [0.25, 0.3) is 0 Å². The molecule has 28 heavy (non-hydrogen) atoms. The van der Waals surface area contributed by atoms with Crippen molar-refractivity contribution < 1.29 is 18.0 Å². The molecule has 0 aliphatic carbocycles. The van der Waals surface area contributed by atoms with Crippen molar-refractivity contribution in [2.45, 2.75) is 65.6 Å². The zero-order chi connectivity index (χ0) is 21.6. The van der Waals surface area contributed by atoms with Crippen molar-refractivity contribution in [2.75, 3.05) is 17.2 Å². The van der Waals surface area contributed by atoms with E-state index in [9.17, 15) is 18.0 Å². The number of benzene rings is 1. The van der Waals surface area contributed by atoms with Gasteiger partial charge in [0.2, 0.25) is 21.8 Å². The van der Waals surface area contributed by atoms with Gasteiger partial charge in [0.1, 0.15) is 0 Å². The van der Waals surface area contributed by atoms with Crippen molar-refractivity contribution in [3.05, 3.63) is 24.3 Å². The lowest BCUT2D eigenvalue weighted by Gasteiger charge is -2.19. The van der Waals surface area contributed by atoms with Crippen LogP contribution in [0, 0.1) is 5.41 Å². The molecule has 0 aliphatic rings. The molecule has 0 aliphatic heterocycles. The van der Waals surface area contributed by atoms with Gasteiger partial charge in [-0.05, 0) is 57.9 Å². The van der Waals surface area contributed by atoms with Gasteiger partial charge >= 0.3 is 0 Å². The normalized spacial score (nSPS) is 12.5. The highest BCUT2D eigenvalue weighted by atomic mass is 32.2. The number of hydrogen-bond donors (Lipinski definition) is 3. The van der Waals surface area contributed by atoms with Gasteiger partial charge in [-0.1, -0.05) is 20.8 Å². The van der Waals surface area contributed by atoms with Crippen LogP contribution in [-0.2, 0) is 19.6 Å². The first-order valence-corrected chi connectivity index (χ1v) is 10.9. The predicted octanol–water partition coefficient (Wildman–Crippen LogP) is 3.50. The number of nitrogens with one attached hydrogen (secondary N) is 3. The number of carbonyl (C=O) groups is 2. The number of unbranched alkanes of at least 4 members (excludes halogenated alkanes) is 1. The monoisotopic (exact) mass is 411 g/mol. The summed E-state index contributed by atoms with van der Waals surface area (Å²) in [5, 5.41) is 5.62. The lowest BCUT2D eigenvalue weighted by Crippen LogP contribution is -2.39. The molecule has 7 nitrogen and oxygen atoms in total. The van der Waals surface area contributed by atoms with Gasteiger partial charge < -0.3 is 10.6 Å². The Kier molecular flexibility index (Phi) is 8.19. The van der Waals surface area contributed by atoms with E-state index in [0.29, 0.717) is 37.2 Å². The Morgan fingerprint density at radius 3 is 1.82 bits per heavy atom. The maximum atomic E-state index is 12.0. The van der Waals surface area contributed by atoms with Crippen LogP contribution in [-0.4, -0.2) is 31.5 Å². The highest BCUT2D eigenvalue weighted by molar-refractivity contribution is 7.90. The van der Waals surface area contributed by atoms with E-state index in [-0.39, 0.29) is 11.8 Å². The van der Waals surface area contributed by atoms with Crippen LogP contribution in [0.3, 0.4) is 0 Å². The summed E-state index contributed by atoms with van der Waals surface area (Å²) in [6.45, 7) is 10.8. The van der Waals surface area contributed by atoms with Crippen molar-refractivity contribution in [1.82, 2.24) is 4.72 Å². The third-order valence-corrected chi connectivity index (χ3v) is 6.23. The molecule has 1 aromatic carbocycles. The molecule has 3 N–H and O–H groups in total. The van der Waals surface area contributed by atoms with E-state index >= 15 is 0 Å². The van der Waals surface area contributed by atoms with Gasteiger partial charge in [-0.3, -0.25) is 9.59 Å². The number of rotatable bonds is 8. The fourth-order valence-corrected chi connectivity index (χ4v) is 2.86. The van der Waals surface area contributed by atoms with Crippen molar-refractivity contribution in [3.63, 3.8) is 0 Å². The Morgan fingerprint density at radius 1 is 0.857 bits per heavy atom. The lowest BCUT2D eigenvalue weighted by molar-refractivity contribution is -0.123. The zero-order valence-corrected chi connectivity index (χ0v) is 18.5. The quantitative estimate of drug-likeness (QED) is 0.569. The van der Waals surface area contributed by atoms with E-state index < -0.39 is 20.2 Å². The Bertz CT molecular complexity index is 773. The van der Waals surface area contributed by atoms with Crippen LogP contribution in [0.15, 0.2) is 24.3 Å². The van der Waals surface area contributed by atoms with Crippen LogP contribution in [0.4, 0.5) is 11.4 Å². The summed E-state index contributed by atoms with van der Waals surface area (Å²) in [5.74, 6) is -0.212. The molecule has 158 valence electrons. The van der Waals surface area contributed by atoms with Gasteiger partial charge in [0.05, 0.1) is 4.75 Å². The zero-order valence-electron chi connectivity index (χ0n) is 17.7. The van der Waals surface area contributed by atoms with Gasteiger partial charge in [-0.15, -0.1) is 0 Å². The van der Waals surface area contributed by atoms with E-state index in [0.717, 1.165) is 0 Å². The predicted molar refractivity (Wildman–Crippen MR) is 114 cm³/mol. The molecule has 0 saturated carbocycles. The van der Waals surface area contributed by atoms with Crippen LogP contribution in [0.2, 0.25) is 0 Å². The van der Waals surface area contributed by atoms with Gasteiger partial charge in [0.15, 0.2) is 0 Å². The Balaban J connectivity index is 2.37. The van der Waals surface area contributed by atoms with Crippen LogP contribution in [0.1, 0.15) is 60.8 Å². The first kappa shape index (κ1) is 24.1. The number of sulfonamides is 1. The molecule has 0 heterocycles. The third-order valence-electron chi connectivity index (χ3n) is 4.04. The second-order valence-electron chi connectivity index (χ2n) is 8.80. The summed E-state index contributed by atoms with van der Waals surface area (Å²) >= 11 is 0. The molecular weight excluding hydrogens is 378 g/mol. The molecule has 1 rings (SSSR count). The third kappa shape index (κ3) is 7.98. The average molecular weight is 412 g/mol. The SMILES string of the molecule is CC(C)(C)C(=O)Nc1ccc(NC(=O)CCCCNS(=O)(=O)C(C)(C)C)cc1. The molecule has 0 atom stereocenters. The fourth-order valence-electron chi connectivity index (χ4n) is 2.01. The molecule has 0 radical (unpaired) electrons. The van der Waals surface area contributed by atoms with Crippen LogP contribution >= 0.6 is 0 Å². The summed E-state index contributed by atoms with van der Waals surface area (Å²) < 4.78 is 25.6. The first-order chi connectivity index (χ1) is 12.7. The van der Waals surface area contributed by atoms with E-state index in [1.807, 2.05) is 20.8 Å². The van der Waals surface area contributed by atoms with E-state index in [1.165, 1.54) is 0 Å². The highest BCUT2D eigenvalue weighted by Gasteiger charge is 2.28. The van der Waals surface area contributed by atoms with Gasteiger partial charge in [-0.2, -0.15) is 0 Å². The van der Waals surface area contributed by atoms with Crippen molar-refractivity contribution >= 4 is 33.2 Å². The number of amides is 2. The maximum Gasteiger partial charge on any atom is 0.229 e. The minimum absolute atomic E-state index is 0.0774. The summed E-state index contributed by atoms with van der Waals surface area (Å²) in [5.41, 5.74) is 0.838. The minimum atomic E-state index is -3.35. The largest absolute Gasteiger partial charge is 0.326 e. The first-order valence-electron chi connectivity index (χ1n) is 9.43. The molecular formula is C20H33N3O4S. The van der Waals surface area contributed by atoms with E-state index in [4.69, 9.17) is 0 Å². The van der Waals surface area contributed by atoms with Crippen LogP contribution in [0.25, 0.3) is 0 Å². The molecule has 0 spiro atoms. The van der Waals surface area contributed by atoms with Crippen molar-refractivity contribution in [1.29, 1.82) is 0 Å². The second kappa shape index (κ2) is 9.52. The summed E-state index contributed by atoms with van der Waals surface area (Å²) in [6, 6.07) is 6.93. The second-order valence-corrected chi connectivity index (χ2v) is 11.3. The van der Waals surface area contributed by atoms with Crippen LogP contribution < -0.4 is 15.4 Å². The number of anilines is 2. The molecule has 8 heteroatoms. The topological polar surface area (TPSA) is 104 Å². The minimum Gasteiger partial charge on any atom is -0.326 e. The standard InChI is InChI=1S/C20H33N3O4S/c1-19(2,3)18(25)23-16-12-10-15(11-13-16)22-17(24)9-7-8-14-21-28(26,27)20(4,5)6/h10-13,21H,7-9,14H2,1-6H3,(H,22,24)(H,23,25). The molecule has 0 aromatic heterocycles. The smallest absolute Gasteiger partial charge is 0.229 e. The number of carbonyl (C=O) groups excluding carboxylic acids is 2. The van der Waals surface area contributed by atoms with E-state index in [2.05, 4.69) is 15.4 Å². The number of hydrogen-bond acceptors (Lipinski definition) is 4. The fraction of sp³-hybridized carbons (Fsp3) is 0.600. The maximum absolute atomic E-state index is 12.0. The molecule has 2 amide bonds. The van der Waals surface area contributed by atoms with Gasteiger partial charge in [-0.25, -0.2) is 13.1 Å². The van der Waals surface area contributed by atoms with Crippen LogP contribution in [0.5, 0.6) is 0 Å². The Labute approximate surface area is 168 Å². The molecule has 1 aromatic rings. The summed E-state index contributed by atoms with van der Waals surface area (Å²) in [7, 11) is -3.35. The molecule has 0 unspecified atom stereocenters. The van der Waals surface area contributed by atoms with Crippen molar-refractivity contribution in [2.24, 2.45) is 5.41 Å².